The summed E-state index contributed by atoms with van der Waals surface area (Å²) >= 11 is -0.833. The third kappa shape index (κ3) is 4.40. The number of ketones is 1. The van der Waals surface area contributed by atoms with Gasteiger partial charge in [-0.05, 0) is 0 Å². The van der Waals surface area contributed by atoms with Gasteiger partial charge in [-0.1, -0.05) is 0 Å². The van der Waals surface area contributed by atoms with Crippen LogP contribution >= 0.6 is 19.8 Å². The van der Waals surface area contributed by atoms with Crippen LogP contribution in [0.1, 0.15) is 33.1 Å². The number of halogens is 1. The van der Waals surface area contributed by atoms with Crippen LogP contribution in [0.2, 0.25) is 0 Å². The zero-order valence-electron chi connectivity index (χ0n) is 9.05. The Kier molecular flexibility index (Phi) is 5.45. The minimum atomic E-state index is -0.833. The molecule has 1 heterocycles. The first-order chi connectivity index (χ1) is 6.72. The van der Waals surface area contributed by atoms with E-state index in [4.69, 9.17) is 0 Å². The van der Waals surface area contributed by atoms with Gasteiger partial charge in [-0.25, -0.2) is 0 Å². The van der Waals surface area contributed by atoms with Crippen LogP contribution in [0.5, 0.6) is 0 Å². The zero-order chi connectivity index (χ0) is 10.4. The van der Waals surface area contributed by atoms with Gasteiger partial charge in [0.25, 0.3) is 0 Å². The number of alkyl halides is 2. The van der Waals surface area contributed by atoms with E-state index in [1.807, 2.05) is 0 Å². The molecule has 0 atom stereocenters. The summed E-state index contributed by atoms with van der Waals surface area (Å²) in [6.07, 6.45) is 7.67. The average Bonchev–Trinajstić information content (AvgIpc) is 2.14. The molecular weight excluding hydrogens is 287 g/mol. The monoisotopic (exact) mass is 306 g/mol. The van der Waals surface area contributed by atoms with Gasteiger partial charge < -0.3 is 0 Å². The third-order valence-electron chi connectivity index (χ3n) is 2.13. The van der Waals surface area contributed by atoms with Gasteiger partial charge in [0, 0.05) is 0 Å². The Morgan fingerprint density at radius 3 is 3.00 bits per heavy atom. The summed E-state index contributed by atoms with van der Waals surface area (Å²) < 4.78 is 5.11. The fraction of sp³-hybridized carbons (Fsp3) is 0.583. The van der Waals surface area contributed by atoms with E-state index >= 15 is 0 Å². The van der Waals surface area contributed by atoms with Crippen molar-refractivity contribution in [1.82, 2.24) is 0 Å². The molecule has 1 rings (SSSR count). The van der Waals surface area contributed by atoms with Gasteiger partial charge in [0.2, 0.25) is 0 Å². The summed E-state index contributed by atoms with van der Waals surface area (Å²) in [4.78, 5) is 11.0. The van der Waals surface area contributed by atoms with E-state index in [0.29, 0.717) is 12.2 Å². The van der Waals surface area contributed by atoms with Gasteiger partial charge in [-0.15, -0.1) is 0 Å². The first-order valence-electron chi connectivity index (χ1n) is 5.18. The second kappa shape index (κ2) is 6.38. The van der Waals surface area contributed by atoms with E-state index < -0.39 is 19.8 Å². The number of carbonyl (C=O) groups excluding carboxylic acids is 1. The Balaban J connectivity index is 2.38. The first kappa shape index (κ1) is 12.0. The fourth-order valence-corrected chi connectivity index (χ4v) is 6.76. The molecule has 0 aromatic rings. The zero-order valence-corrected chi connectivity index (χ0v) is 11.2. The van der Waals surface area contributed by atoms with E-state index in [1.54, 1.807) is 6.92 Å². The molecule has 80 valence electrons. The molecule has 0 spiro atoms. The Morgan fingerprint density at radius 2 is 2.36 bits per heavy atom. The number of Topliss-reactive ketones (excluding diaryl/α,β-unsaturated/α-hetero) is 1. The molecule has 0 aromatic heterocycles. The second-order valence-electron chi connectivity index (χ2n) is 3.70. The van der Waals surface area contributed by atoms with Crippen LogP contribution in [-0.2, 0) is 4.79 Å². The molecule has 0 aliphatic carbocycles. The van der Waals surface area contributed by atoms with Gasteiger partial charge in [-0.2, -0.15) is 0 Å². The third-order valence-corrected chi connectivity index (χ3v) is 7.67. The Bertz CT molecular complexity index is 253. The molecule has 0 amide bonds. The van der Waals surface area contributed by atoms with Crippen LogP contribution < -0.4 is 0 Å². The van der Waals surface area contributed by atoms with Crippen molar-refractivity contribution < 1.29 is 4.79 Å². The molecule has 0 radical (unpaired) electrons. The van der Waals surface area contributed by atoms with Crippen LogP contribution in [-0.4, -0.2) is 14.6 Å². The predicted octanol–water partition coefficient (Wildman–Crippen LogP) is 3.73. The van der Waals surface area contributed by atoms with Gasteiger partial charge in [-0.3, -0.25) is 0 Å². The molecule has 0 unspecified atom stereocenters. The Morgan fingerprint density at radius 1 is 1.57 bits per heavy atom. The van der Waals surface area contributed by atoms with Gasteiger partial charge in [0.05, 0.1) is 0 Å². The standard InChI is InChI=1S/C12H19IO/c1-3-4-7-13-8-5-6-12(10-13)9-11(2)14/h5-6,8H,3-4,7,9-10H2,1-2H3. The Labute approximate surface area is 94.0 Å². The molecule has 0 saturated heterocycles. The van der Waals surface area contributed by atoms with Crippen molar-refractivity contribution in [3.8, 4) is 0 Å². The maximum absolute atomic E-state index is 11.0. The summed E-state index contributed by atoms with van der Waals surface area (Å²) in [6.45, 7) is 3.93. The fourth-order valence-electron chi connectivity index (χ4n) is 1.45. The Hall–Kier alpha value is -0.120. The normalized spacial score (nSPS) is 18.1. The van der Waals surface area contributed by atoms with Gasteiger partial charge >= 0.3 is 94.2 Å². The molecule has 1 aliphatic rings. The molecule has 14 heavy (non-hydrogen) atoms. The average molecular weight is 306 g/mol. The summed E-state index contributed by atoms with van der Waals surface area (Å²) in [7, 11) is 0. The molecule has 1 nitrogen and oxygen atoms in total. The predicted molar refractivity (Wildman–Crippen MR) is 71.2 cm³/mol. The van der Waals surface area contributed by atoms with Gasteiger partial charge in [0.1, 0.15) is 0 Å². The quantitative estimate of drug-likeness (QED) is 0.559. The molecule has 0 N–H and O–H groups in total. The van der Waals surface area contributed by atoms with Crippen molar-refractivity contribution in [1.29, 1.82) is 0 Å². The van der Waals surface area contributed by atoms with Gasteiger partial charge in [0.15, 0.2) is 0 Å². The number of hydrogen-bond acceptors (Lipinski definition) is 1. The number of allylic oxidation sites excluding steroid dienone is 3. The minimum absolute atomic E-state index is 0.304. The van der Waals surface area contributed by atoms with Crippen LogP contribution in [0.3, 0.4) is 0 Å². The van der Waals surface area contributed by atoms with E-state index in [1.165, 1.54) is 27.3 Å². The molecule has 0 aromatic carbocycles. The molecule has 0 saturated carbocycles. The van der Waals surface area contributed by atoms with E-state index in [9.17, 15) is 4.79 Å². The summed E-state index contributed by atoms with van der Waals surface area (Å²) in [5, 5.41) is 0. The topological polar surface area (TPSA) is 17.1 Å². The van der Waals surface area contributed by atoms with Crippen LogP contribution in [0.15, 0.2) is 21.8 Å². The van der Waals surface area contributed by atoms with Crippen molar-refractivity contribution in [2.45, 2.75) is 33.1 Å². The summed E-state index contributed by atoms with van der Waals surface area (Å²) in [6, 6.07) is 0. The van der Waals surface area contributed by atoms with Crippen molar-refractivity contribution in [2.24, 2.45) is 0 Å². The van der Waals surface area contributed by atoms with Crippen LogP contribution in [0.4, 0.5) is 0 Å². The number of carbonyl (C=O) groups is 1. The van der Waals surface area contributed by atoms with E-state index in [-0.39, 0.29) is 0 Å². The van der Waals surface area contributed by atoms with E-state index in [0.717, 1.165) is 0 Å². The van der Waals surface area contributed by atoms with Crippen molar-refractivity contribution in [3.63, 3.8) is 0 Å². The van der Waals surface area contributed by atoms with Crippen molar-refractivity contribution in [3.05, 3.63) is 21.8 Å². The molecule has 2 heteroatoms. The summed E-state index contributed by atoms with van der Waals surface area (Å²) in [5.74, 6) is 0.304. The van der Waals surface area contributed by atoms with Crippen molar-refractivity contribution >= 4 is 25.6 Å². The summed E-state index contributed by atoms with van der Waals surface area (Å²) in [5.41, 5.74) is 1.38. The SMILES string of the molecule is CCCCI1C=CC=C(CC(C)=O)C1. The van der Waals surface area contributed by atoms with Crippen molar-refractivity contribution in [2.75, 3.05) is 8.86 Å². The molecule has 0 fully saturated rings. The second-order valence-corrected chi connectivity index (χ2v) is 9.10. The number of hydrogen-bond donors (Lipinski definition) is 0. The maximum atomic E-state index is 11.0. The number of unbranched alkanes of at least 4 members (excludes halogenated alkanes) is 1. The molecule has 0 bridgehead atoms. The van der Waals surface area contributed by atoms with Crippen LogP contribution in [0, 0.1) is 0 Å². The molecular formula is C12H19IO. The first-order valence-corrected chi connectivity index (χ1v) is 9.48. The number of rotatable bonds is 5. The van der Waals surface area contributed by atoms with E-state index in [2.05, 4.69) is 23.2 Å². The van der Waals surface area contributed by atoms with Crippen LogP contribution in [0.25, 0.3) is 0 Å². The molecule has 1 aliphatic heterocycles.